The van der Waals surface area contributed by atoms with Crippen LogP contribution in [0, 0.1) is 6.92 Å². The van der Waals surface area contributed by atoms with Gasteiger partial charge in [0.1, 0.15) is 5.60 Å². The summed E-state index contributed by atoms with van der Waals surface area (Å²) in [6.07, 6.45) is 1.50. The van der Waals surface area contributed by atoms with Gasteiger partial charge in [0.2, 0.25) is 0 Å². The van der Waals surface area contributed by atoms with E-state index < -0.39 is 30.0 Å². The minimum Gasteiger partial charge on any atom is -0.444 e. The fraction of sp³-hybridized carbons (Fsp3) is 0.571. The van der Waals surface area contributed by atoms with Gasteiger partial charge in [-0.3, -0.25) is 0 Å². The third kappa shape index (κ3) is 5.52. The number of benzene rings is 1. The van der Waals surface area contributed by atoms with Crippen molar-refractivity contribution in [2.75, 3.05) is 12.3 Å². The number of nitrogens with two attached hydrogens (primary N) is 1. The smallest absolute Gasteiger partial charge is 0.444 e. The summed E-state index contributed by atoms with van der Waals surface area (Å²) in [5.74, 6) is 0. The highest BCUT2D eigenvalue weighted by molar-refractivity contribution is 6.56. The largest absolute Gasteiger partial charge is 0.492 e. The van der Waals surface area contributed by atoms with Gasteiger partial charge in [0.25, 0.3) is 0 Å². The van der Waals surface area contributed by atoms with E-state index in [0.29, 0.717) is 5.69 Å². The Bertz CT molecular complexity index is 750. The topological polar surface area (TPSA) is 82.8 Å². The Kier molecular flexibility index (Phi) is 6.21. The molecule has 0 bridgehead atoms. The van der Waals surface area contributed by atoms with Gasteiger partial charge in [0.05, 0.1) is 11.2 Å². The molecule has 1 aliphatic heterocycles. The average molecular weight is 388 g/mol. The van der Waals surface area contributed by atoms with E-state index in [0.717, 1.165) is 16.6 Å². The third-order valence-corrected chi connectivity index (χ3v) is 5.03. The van der Waals surface area contributed by atoms with Crippen LogP contribution in [0.2, 0.25) is 0 Å². The summed E-state index contributed by atoms with van der Waals surface area (Å²) in [6.45, 7) is 15.7. The number of nitrogens with one attached hydrogen (secondary N) is 1. The molecule has 0 radical (unpaired) electrons. The van der Waals surface area contributed by atoms with Gasteiger partial charge in [-0.05, 0) is 84.1 Å². The van der Waals surface area contributed by atoms with Gasteiger partial charge < -0.3 is 25.1 Å². The quantitative estimate of drug-likeness (QED) is 0.599. The number of rotatable bonds is 4. The second kappa shape index (κ2) is 7.80. The summed E-state index contributed by atoms with van der Waals surface area (Å²) in [5, 5.41) is 2.81. The van der Waals surface area contributed by atoms with Crippen LogP contribution in [0.4, 0.5) is 10.5 Å². The van der Waals surface area contributed by atoms with Crippen LogP contribution in [-0.4, -0.2) is 36.6 Å². The predicted octanol–water partition coefficient (Wildman–Crippen LogP) is 4.12. The van der Waals surface area contributed by atoms with E-state index in [-0.39, 0.29) is 6.54 Å². The number of nitrogen functional groups attached to an aromatic ring is 1. The summed E-state index contributed by atoms with van der Waals surface area (Å²) in [4.78, 5) is 12.1. The molecule has 0 atom stereocenters. The first-order valence-electron chi connectivity index (χ1n) is 9.59. The highest BCUT2D eigenvalue weighted by Crippen LogP contribution is 2.38. The molecule has 0 aromatic heterocycles. The molecular formula is C21H33BN2O4. The molecule has 1 saturated heterocycles. The van der Waals surface area contributed by atoms with Crippen molar-refractivity contribution in [3.8, 4) is 0 Å². The van der Waals surface area contributed by atoms with Crippen LogP contribution in [0.1, 0.15) is 59.6 Å². The number of carbonyl (C=O) groups is 1. The number of hydrogen-bond donors (Lipinski definition) is 2. The molecule has 0 aliphatic carbocycles. The first kappa shape index (κ1) is 22.3. The Labute approximate surface area is 168 Å². The van der Waals surface area contributed by atoms with Crippen molar-refractivity contribution in [3.63, 3.8) is 0 Å². The first-order chi connectivity index (χ1) is 12.7. The van der Waals surface area contributed by atoms with E-state index in [4.69, 9.17) is 19.8 Å². The van der Waals surface area contributed by atoms with Crippen molar-refractivity contribution < 1.29 is 18.8 Å². The molecule has 0 saturated carbocycles. The second-order valence-electron chi connectivity index (χ2n) is 9.28. The molecule has 1 heterocycles. The van der Waals surface area contributed by atoms with Gasteiger partial charge >= 0.3 is 13.2 Å². The average Bonchev–Trinajstić information content (AvgIpc) is 2.71. The predicted molar refractivity (Wildman–Crippen MR) is 114 cm³/mol. The highest BCUT2D eigenvalue weighted by atomic mass is 16.7. The minimum atomic E-state index is -0.572. The zero-order chi connectivity index (χ0) is 21.3. The Morgan fingerprint density at radius 2 is 1.79 bits per heavy atom. The van der Waals surface area contributed by atoms with Crippen molar-refractivity contribution in [1.29, 1.82) is 0 Å². The summed E-state index contributed by atoms with van der Waals surface area (Å²) < 4.78 is 17.7. The van der Waals surface area contributed by atoms with E-state index in [1.807, 2.05) is 79.7 Å². The zero-order valence-corrected chi connectivity index (χ0v) is 18.3. The van der Waals surface area contributed by atoms with Gasteiger partial charge in [-0.2, -0.15) is 0 Å². The van der Waals surface area contributed by atoms with Crippen LogP contribution in [0.3, 0.4) is 0 Å². The minimum absolute atomic E-state index is 0.246. The van der Waals surface area contributed by atoms with Crippen LogP contribution in [-0.2, 0) is 14.0 Å². The van der Waals surface area contributed by atoms with E-state index in [1.165, 1.54) is 0 Å². The van der Waals surface area contributed by atoms with E-state index in [9.17, 15) is 4.79 Å². The molecule has 7 heteroatoms. The third-order valence-electron chi connectivity index (χ3n) is 5.03. The van der Waals surface area contributed by atoms with Gasteiger partial charge in [-0.15, -0.1) is 0 Å². The molecule has 0 unspecified atom stereocenters. The molecule has 1 fully saturated rings. The van der Waals surface area contributed by atoms with Crippen molar-refractivity contribution in [2.24, 2.45) is 0 Å². The molecule has 1 amide bonds. The zero-order valence-electron chi connectivity index (χ0n) is 18.3. The number of amides is 1. The number of carbonyl (C=O) groups excluding carboxylic acids is 1. The number of ether oxygens (including phenoxy) is 1. The highest BCUT2D eigenvalue weighted by Gasteiger charge is 2.52. The molecular weight excluding hydrogens is 355 g/mol. The van der Waals surface area contributed by atoms with Gasteiger partial charge in [-0.1, -0.05) is 12.1 Å². The summed E-state index contributed by atoms with van der Waals surface area (Å²) >= 11 is 0. The van der Waals surface area contributed by atoms with Crippen molar-refractivity contribution >= 4 is 25.0 Å². The standard InChI is InChI=1S/C21H33BN2O4/c1-14-11-17(23)10-9-15(14)12-16(13-24-18(25)26-19(2,3)4)22-27-20(5,6)21(7,8)28-22/h9-12H,13,23H2,1-8H3,(H,24,25). The van der Waals surface area contributed by atoms with E-state index in [2.05, 4.69) is 5.32 Å². The lowest BCUT2D eigenvalue weighted by Gasteiger charge is -2.32. The van der Waals surface area contributed by atoms with Crippen LogP contribution in [0.15, 0.2) is 23.7 Å². The van der Waals surface area contributed by atoms with Crippen molar-refractivity contribution in [3.05, 3.63) is 34.8 Å². The maximum absolute atomic E-state index is 12.1. The Morgan fingerprint density at radius 1 is 1.21 bits per heavy atom. The molecule has 28 heavy (non-hydrogen) atoms. The molecule has 0 spiro atoms. The molecule has 3 N–H and O–H groups in total. The van der Waals surface area contributed by atoms with Gasteiger partial charge in [-0.25, -0.2) is 4.79 Å². The molecule has 1 aromatic carbocycles. The fourth-order valence-corrected chi connectivity index (χ4v) is 2.75. The molecule has 6 nitrogen and oxygen atoms in total. The summed E-state index contributed by atoms with van der Waals surface area (Å²) in [7, 11) is -0.572. The van der Waals surface area contributed by atoms with E-state index in [1.54, 1.807) is 0 Å². The maximum Gasteiger partial charge on any atom is 0.492 e. The lowest BCUT2D eigenvalue weighted by atomic mass is 9.76. The fourth-order valence-electron chi connectivity index (χ4n) is 2.75. The number of aryl methyl sites for hydroxylation is 1. The number of alkyl carbamates (subject to hydrolysis) is 1. The van der Waals surface area contributed by atoms with Crippen LogP contribution in [0.5, 0.6) is 0 Å². The summed E-state index contributed by atoms with van der Waals surface area (Å²) in [5.41, 5.74) is 7.89. The van der Waals surface area contributed by atoms with E-state index >= 15 is 0 Å². The van der Waals surface area contributed by atoms with Crippen LogP contribution < -0.4 is 11.1 Å². The molecule has 2 rings (SSSR count). The normalized spacial score (nSPS) is 18.9. The Balaban J connectivity index is 2.28. The number of hydrogen-bond acceptors (Lipinski definition) is 5. The van der Waals surface area contributed by atoms with Gasteiger partial charge in [0.15, 0.2) is 0 Å². The SMILES string of the molecule is Cc1cc(N)ccc1C=C(CNC(=O)OC(C)(C)C)B1OC(C)(C)C(C)(C)O1. The Morgan fingerprint density at radius 3 is 2.29 bits per heavy atom. The van der Waals surface area contributed by atoms with Crippen molar-refractivity contribution in [2.45, 2.75) is 72.2 Å². The lowest BCUT2D eigenvalue weighted by molar-refractivity contribution is 0.00578. The van der Waals surface area contributed by atoms with Gasteiger partial charge in [0, 0.05) is 12.2 Å². The number of anilines is 1. The second-order valence-corrected chi connectivity index (χ2v) is 9.28. The molecule has 1 aromatic rings. The first-order valence-corrected chi connectivity index (χ1v) is 9.59. The van der Waals surface area contributed by atoms with Crippen molar-refractivity contribution in [1.82, 2.24) is 5.32 Å². The monoisotopic (exact) mass is 388 g/mol. The molecule has 154 valence electrons. The Hall–Kier alpha value is -1.99. The lowest BCUT2D eigenvalue weighted by Crippen LogP contribution is -2.41. The molecule has 1 aliphatic rings. The summed E-state index contributed by atoms with van der Waals surface area (Å²) in [6, 6.07) is 5.71. The van der Waals surface area contributed by atoms with Crippen LogP contribution in [0.25, 0.3) is 6.08 Å². The maximum atomic E-state index is 12.1. The van der Waals surface area contributed by atoms with Crippen LogP contribution >= 0.6 is 0 Å².